The van der Waals surface area contributed by atoms with Gasteiger partial charge in [-0.3, -0.25) is 14.9 Å². The lowest BCUT2D eigenvalue weighted by Gasteiger charge is -2.10. The predicted octanol–water partition coefficient (Wildman–Crippen LogP) is 2.35. The Morgan fingerprint density at radius 2 is 2.30 bits per heavy atom. The lowest BCUT2D eigenvalue weighted by Crippen LogP contribution is -2.30. The zero-order valence-electron chi connectivity index (χ0n) is 11.0. The summed E-state index contributed by atoms with van der Waals surface area (Å²) in [5.41, 5.74) is 0.143. The van der Waals surface area contributed by atoms with E-state index in [-0.39, 0.29) is 22.7 Å². The molecule has 1 aliphatic carbocycles. The maximum absolute atomic E-state index is 11.9. The summed E-state index contributed by atoms with van der Waals surface area (Å²) >= 11 is 6.11. The van der Waals surface area contributed by atoms with Crippen LogP contribution in [0.2, 0.25) is 0 Å². The summed E-state index contributed by atoms with van der Waals surface area (Å²) in [6.45, 7) is 0.393. The van der Waals surface area contributed by atoms with Crippen molar-refractivity contribution in [3.8, 4) is 5.75 Å². The second-order valence-corrected chi connectivity index (χ2v) is 5.27. The van der Waals surface area contributed by atoms with Crippen LogP contribution in [0.4, 0.5) is 5.69 Å². The molecule has 0 saturated heterocycles. The summed E-state index contributed by atoms with van der Waals surface area (Å²) in [6, 6.07) is 4.01. The van der Waals surface area contributed by atoms with Gasteiger partial charge >= 0.3 is 5.69 Å². The lowest BCUT2D eigenvalue weighted by atomic mass is 10.1. The Bertz CT molecular complexity index is 531. The number of hydrogen-bond donors (Lipinski definition) is 1. The van der Waals surface area contributed by atoms with Gasteiger partial charge in [0, 0.05) is 24.2 Å². The third kappa shape index (κ3) is 3.39. The maximum atomic E-state index is 11.9. The van der Waals surface area contributed by atoms with Crippen LogP contribution in [0.25, 0.3) is 0 Å². The number of nitrogens with zero attached hydrogens (tertiary/aromatic N) is 1. The Morgan fingerprint density at radius 1 is 1.60 bits per heavy atom. The molecular weight excluding hydrogens is 284 g/mol. The SMILES string of the molecule is COc1cc(C(=O)NCC(Cl)C2CC2)ccc1[N+](=O)[O-]. The van der Waals surface area contributed by atoms with E-state index >= 15 is 0 Å². The molecular formula is C13H15ClN2O4. The monoisotopic (exact) mass is 298 g/mol. The number of rotatable bonds is 6. The minimum Gasteiger partial charge on any atom is -0.490 e. The molecule has 0 heterocycles. The first-order valence-corrected chi connectivity index (χ1v) is 6.71. The summed E-state index contributed by atoms with van der Waals surface area (Å²) in [6.07, 6.45) is 2.21. The van der Waals surface area contributed by atoms with Gasteiger partial charge in [0.25, 0.3) is 5.91 Å². The zero-order valence-corrected chi connectivity index (χ0v) is 11.7. The molecule has 0 spiro atoms. The number of carbonyl (C=O) groups is 1. The molecule has 20 heavy (non-hydrogen) atoms. The number of benzene rings is 1. The van der Waals surface area contributed by atoms with Gasteiger partial charge in [-0.1, -0.05) is 0 Å². The Hall–Kier alpha value is -1.82. The Morgan fingerprint density at radius 3 is 2.85 bits per heavy atom. The third-order valence-electron chi connectivity index (χ3n) is 3.23. The number of hydrogen-bond acceptors (Lipinski definition) is 4. The molecule has 0 aromatic heterocycles. The summed E-state index contributed by atoms with van der Waals surface area (Å²) in [4.78, 5) is 22.2. The topological polar surface area (TPSA) is 81.5 Å². The molecule has 1 aromatic rings. The molecule has 1 amide bonds. The van der Waals surface area contributed by atoms with Crippen molar-refractivity contribution in [2.45, 2.75) is 18.2 Å². The normalized spacial score (nSPS) is 15.5. The van der Waals surface area contributed by atoms with Crippen LogP contribution in [0.3, 0.4) is 0 Å². The van der Waals surface area contributed by atoms with Crippen LogP contribution in [0, 0.1) is 16.0 Å². The fourth-order valence-corrected chi connectivity index (χ4v) is 2.22. The molecule has 0 radical (unpaired) electrons. The fourth-order valence-electron chi connectivity index (χ4n) is 1.89. The standard InChI is InChI=1S/C13H15ClN2O4/c1-20-12-6-9(4-5-11(12)16(18)19)13(17)15-7-10(14)8-2-3-8/h4-6,8,10H,2-3,7H2,1H3,(H,15,17). The van der Waals surface area contributed by atoms with E-state index in [1.165, 1.54) is 25.3 Å². The third-order valence-corrected chi connectivity index (χ3v) is 3.74. The molecule has 0 bridgehead atoms. The van der Waals surface area contributed by atoms with Gasteiger partial charge in [0.15, 0.2) is 5.75 Å². The van der Waals surface area contributed by atoms with Crippen LogP contribution >= 0.6 is 11.6 Å². The van der Waals surface area contributed by atoms with Crippen molar-refractivity contribution in [1.29, 1.82) is 0 Å². The molecule has 7 heteroatoms. The highest BCUT2D eigenvalue weighted by atomic mass is 35.5. The van der Waals surface area contributed by atoms with E-state index in [2.05, 4.69) is 5.32 Å². The summed E-state index contributed by atoms with van der Waals surface area (Å²) in [5.74, 6) is 0.236. The van der Waals surface area contributed by atoms with Crippen molar-refractivity contribution >= 4 is 23.2 Å². The van der Waals surface area contributed by atoms with Crippen molar-refractivity contribution < 1.29 is 14.5 Å². The minimum absolute atomic E-state index is 0.0566. The smallest absolute Gasteiger partial charge is 0.310 e. The first-order valence-electron chi connectivity index (χ1n) is 6.27. The highest BCUT2D eigenvalue weighted by Crippen LogP contribution is 2.35. The Labute approximate surface area is 121 Å². The fraction of sp³-hybridized carbons (Fsp3) is 0.462. The summed E-state index contributed by atoms with van der Waals surface area (Å²) in [5, 5.41) is 13.4. The summed E-state index contributed by atoms with van der Waals surface area (Å²) in [7, 11) is 1.33. The van der Waals surface area contributed by atoms with Gasteiger partial charge in [0.2, 0.25) is 0 Å². The number of amides is 1. The average Bonchev–Trinajstić information content (AvgIpc) is 3.28. The second kappa shape index (κ2) is 6.09. The molecule has 1 saturated carbocycles. The first kappa shape index (κ1) is 14.6. The maximum Gasteiger partial charge on any atom is 0.310 e. The van der Waals surface area contributed by atoms with Crippen LogP contribution in [0.1, 0.15) is 23.2 Å². The number of halogens is 1. The Balaban J connectivity index is 2.03. The second-order valence-electron chi connectivity index (χ2n) is 4.71. The van der Waals surface area contributed by atoms with Gasteiger partial charge in [0.1, 0.15) is 0 Å². The molecule has 1 unspecified atom stereocenters. The minimum atomic E-state index is -0.553. The van der Waals surface area contributed by atoms with Crippen molar-refractivity contribution in [2.24, 2.45) is 5.92 Å². The summed E-state index contributed by atoms with van der Waals surface area (Å²) < 4.78 is 4.92. The first-order chi connectivity index (χ1) is 9.52. The average molecular weight is 299 g/mol. The molecule has 1 N–H and O–H groups in total. The molecule has 1 atom stereocenters. The number of ether oxygens (including phenoxy) is 1. The van der Waals surface area contributed by atoms with E-state index in [1.54, 1.807) is 0 Å². The number of methoxy groups -OCH3 is 1. The van der Waals surface area contributed by atoms with Crippen molar-refractivity contribution in [3.05, 3.63) is 33.9 Å². The number of nitro benzene ring substituents is 1. The van der Waals surface area contributed by atoms with Crippen molar-refractivity contribution in [1.82, 2.24) is 5.32 Å². The van der Waals surface area contributed by atoms with E-state index in [4.69, 9.17) is 16.3 Å². The van der Waals surface area contributed by atoms with Crippen LogP contribution in [0.5, 0.6) is 5.75 Å². The van der Waals surface area contributed by atoms with E-state index in [0.717, 1.165) is 12.8 Å². The van der Waals surface area contributed by atoms with E-state index in [1.807, 2.05) is 0 Å². The number of alkyl halides is 1. The van der Waals surface area contributed by atoms with E-state index in [0.29, 0.717) is 18.0 Å². The predicted molar refractivity (Wildman–Crippen MR) is 74.3 cm³/mol. The molecule has 1 aromatic carbocycles. The van der Waals surface area contributed by atoms with E-state index in [9.17, 15) is 14.9 Å². The highest BCUT2D eigenvalue weighted by molar-refractivity contribution is 6.21. The quantitative estimate of drug-likeness (QED) is 0.496. The van der Waals surface area contributed by atoms with Crippen molar-refractivity contribution in [2.75, 3.05) is 13.7 Å². The molecule has 108 valence electrons. The zero-order chi connectivity index (χ0) is 14.7. The van der Waals surface area contributed by atoms with Gasteiger partial charge in [-0.2, -0.15) is 0 Å². The van der Waals surface area contributed by atoms with Crippen LogP contribution < -0.4 is 10.1 Å². The molecule has 1 aliphatic rings. The number of carbonyl (C=O) groups excluding carboxylic acids is 1. The largest absolute Gasteiger partial charge is 0.490 e. The van der Waals surface area contributed by atoms with Crippen LogP contribution in [-0.2, 0) is 0 Å². The van der Waals surface area contributed by atoms with Gasteiger partial charge in [-0.05, 0) is 24.8 Å². The van der Waals surface area contributed by atoms with Gasteiger partial charge in [-0.15, -0.1) is 11.6 Å². The van der Waals surface area contributed by atoms with Gasteiger partial charge in [0.05, 0.1) is 17.4 Å². The van der Waals surface area contributed by atoms with Crippen LogP contribution in [0.15, 0.2) is 18.2 Å². The lowest BCUT2D eigenvalue weighted by molar-refractivity contribution is -0.385. The number of nitro groups is 1. The van der Waals surface area contributed by atoms with Gasteiger partial charge in [-0.25, -0.2) is 0 Å². The molecule has 0 aliphatic heterocycles. The highest BCUT2D eigenvalue weighted by Gasteiger charge is 2.29. The number of nitrogens with one attached hydrogen (secondary N) is 1. The molecule has 2 rings (SSSR count). The van der Waals surface area contributed by atoms with Crippen LogP contribution in [-0.4, -0.2) is 29.9 Å². The molecule has 1 fully saturated rings. The Kier molecular flexibility index (Phi) is 4.44. The van der Waals surface area contributed by atoms with Gasteiger partial charge < -0.3 is 10.1 Å². The van der Waals surface area contributed by atoms with E-state index < -0.39 is 4.92 Å². The molecule has 6 nitrogen and oxygen atoms in total. The van der Waals surface area contributed by atoms with Crippen molar-refractivity contribution in [3.63, 3.8) is 0 Å².